The molecule has 3 nitrogen and oxygen atoms in total. The Morgan fingerprint density at radius 3 is 2.61 bits per heavy atom. The Labute approximate surface area is 111 Å². The smallest absolute Gasteiger partial charge is 0.0416 e. The lowest BCUT2D eigenvalue weighted by Gasteiger charge is -2.38. The summed E-state index contributed by atoms with van der Waals surface area (Å²) in [4.78, 5) is 4.94. The monoisotopic (exact) mass is 247 g/mol. The van der Waals surface area contributed by atoms with E-state index >= 15 is 0 Å². The van der Waals surface area contributed by atoms with Crippen LogP contribution in [0.15, 0.2) is 18.2 Å². The van der Waals surface area contributed by atoms with E-state index in [9.17, 15) is 0 Å². The number of nitrogens with zero attached hydrogens (tertiary/aromatic N) is 2. The molecular formula is C15H25N3. The molecule has 2 N–H and O–H groups in total. The van der Waals surface area contributed by atoms with Crippen molar-refractivity contribution in [1.29, 1.82) is 0 Å². The first-order valence-electron chi connectivity index (χ1n) is 6.93. The first kappa shape index (κ1) is 13.2. The molecule has 0 atom stereocenters. The van der Waals surface area contributed by atoms with Gasteiger partial charge in [-0.25, -0.2) is 0 Å². The minimum atomic E-state index is 0.647. The normalized spacial score (nSPS) is 17.9. The average Bonchev–Trinajstić information content (AvgIpc) is 2.41. The highest BCUT2D eigenvalue weighted by Crippen LogP contribution is 2.28. The second-order valence-electron chi connectivity index (χ2n) is 5.27. The summed E-state index contributed by atoms with van der Waals surface area (Å²) in [6.45, 7) is 7.96. The molecule has 1 aliphatic heterocycles. The van der Waals surface area contributed by atoms with Gasteiger partial charge in [0.2, 0.25) is 0 Å². The molecule has 2 rings (SSSR count). The van der Waals surface area contributed by atoms with Crippen LogP contribution in [0.1, 0.15) is 25.3 Å². The van der Waals surface area contributed by atoms with E-state index in [1.54, 1.807) is 0 Å². The lowest BCUT2D eigenvalue weighted by molar-refractivity contribution is 0.221. The summed E-state index contributed by atoms with van der Waals surface area (Å²) in [6.07, 6.45) is 2.50. The SMILES string of the molecule is CCN1CCC(N(C)c2cccc(N)c2C)CC1. The van der Waals surface area contributed by atoms with Gasteiger partial charge in [-0.3, -0.25) is 0 Å². The van der Waals surface area contributed by atoms with Gasteiger partial charge in [0.25, 0.3) is 0 Å². The van der Waals surface area contributed by atoms with Gasteiger partial charge in [-0.1, -0.05) is 13.0 Å². The Morgan fingerprint density at radius 1 is 1.33 bits per heavy atom. The van der Waals surface area contributed by atoms with Crippen molar-refractivity contribution in [3.05, 3.63) is 23.8 Å². The maximum absolute atomic E-state index is 6.00. The molecule has 0 bridgehead atoms. The third kappa shape index (κ3) is 2.61. The van der Waals surface area contributed by atoms with Crippen LogP contribution in [0, 0.1) is 6.92 Å². The molecule has 0 aliphatic carbocycles. The largest absolute Gasteiger partial charge is 0.398 e. The average molecular weight is 247 g/mol. The van der Waals surface area contributed by atoms with Gasteiger partial charge in [0, 0.05) is 37.6 Å². The third-order valence-corrected chi connectivity index (χ3v) is 4.28. The first-order chi connectivity index (χ1) is 8.63. The van der Waals surface area contributed by atoms with Crippen molar-refractivity contribution in [2.75, 3.05) is 37.3 Å². The fraction of sp³-hybridized carbons (Fsp3) is 0.600. The van der Waals surface area contributed by atoms with Crippen LogP contribution in [0.25, 0.3) is 0 Å². The van der Waals surface area contributed by atoms with Gasteiger partial charge in [0.1, 0.15) is 0 Å². The Morgan fingerprint density at radius 2 is 2.00 bits per heavy atom. The van der Waals surface area contributed by atoms with Crippen LogP contribution in [0.4, 0.5) is 11.4 Å². The molecule has 18 heavy (non-hydrogen) atoms. The van der Waals surface area contributed by atoms with Crippen LogP contribution in [-0.4, -0.2) is 37.6 Å². The lowest BCUT2D eigenvalue weighted by atomic mass is 10.0. The van der Waals surface area contributed by atoms with E-state index < -0.39 is 0 Å². The molecule has 0 unspecified atom stereocenters. The second kappa shape index (κ2) is 5.61. The van der Waals surface area contributed by atoms with E-state index in [2.05, 4.69) is 42.8 Å². The minimum absolute atomic E-state index is 0.647. The van der Waals surface area contributed by atoms with Crippen molar-refractivity contribution < 1.29 is 0 Å². The summed E-state index contributed by atoms with van der Waals surface area (Å²) in [5.74, 6) is 0. The molecule has 1 aromatic carbocycles. The van der Waals surface area contributed by atoms with E-state index in [0.29, 0.717) is 6.04 Å². The molecule has 1 aliphatic rings. The molecule has 0 amide bonds. The number of likely N-dealkylation sites (tertiary alicyclic amines) is 1. The predicted molar refractivity (Wildman–Crippen MR) is 79.1 cm³/mol. The molecule has 1 saturated heterocycles. The van der Waals surface area contributed by atoms with Crippen molar-refractivity contribution in [3.8, 4) is 0 Å². The number of nitrogens with two attached hydrogens (primary N) is 1. The van der Waals surface area contributed by atoms with Crippen LogP contribution < -0.4 is 10.6 Å². The maximum atomic E-state index is 6.00. The number of hydrogen-bond donors (Lipinski definition) is 1. The van der Waals surface area contributed by atoms with Crippen LogP contribution in [0.2, 0.25) is 0 Å². The summed E-state index contributed by atoms with van der Waals surface area (Å²) in [6, 6.07) is 6.85. The fourth-order valence-electron chi connectivity index (χ4n) is 2.84. The highest BCUT2D eigenvalue weighted by molar-refractivity contribution is 5.64. The molecule has 1 fully saturated rings. The summed E-state index contributed by atoms with van der Waals surface area (Å²) >= 11 is 0. The van der Waals surface area contributed by atoms with E-state index in [-0.39, 0.29) is 0 Å². The second-order valence-corrected chi connectivity index (χ2v) is 5.27. The van der Waals surface area contributed by atoms with E-state index in [0.717, 1.165) is 5.69 Å². The van der Waals surface area contributed by atoms with Gasteiger partial charge >= 0.3 is 0 Å². The molecule has 1 heterocycles. The van der Waals surface area contributed by atoms with Gasteiger partial charge in [-0.05, 0) is 44.0 Å². The molecule has 0 saturated carbocycles. The zero-order valence-electron chi connectivity index (χ0n) is 11.8. The highest BCUT2D eigenvalue weighted by atomic mass is 15.2. The van der Waals surface area contributed by atoms with E-state index in [4.69, 9.17) is 5.73 Å². The summed E-state index contributed by atoms with van der Waals surface area (Å²) in [5.41, 5.74) is 9.38. The van der Waals surface area contributed by atoms with Gasteiger partial charge in [-0.2, -0.15) is 0 Å². The fourth-order valence-corrected chi connectivity index (χ4v) is 2.84. The van der Waals surface area contributed by atoms with Gasteiger partial charge < -0.3 is 15.5 Å². The van der Waals surface area contributed by atoms with Crippen molar-refractivity contribution >= 4 is 11.4 Å². The number of piperidine rings is 1. The number of benzene rings is 1. The third-order valence-electron chi connectivity index (χ3n) is 4.28. The number of hydrogen-bond acceptors (Lipinski definition) is 3. The molecule has 0 aromatic heterocycles. The topological polar surface area (TPSA) is 32.5 Å². The number of rotatable bonds is 3. The molecule has 100 valence electrons. The Balaban J connectivity index is 2.08. The summed E-state index contributed by atoms with van der Waals surface area (Å²) in [5, 5.41) is 0. The number of nitrogen functional groups attached to an aromatic ring is 1. The van der Waals surface area contributed by atoms with Crippen molar-refractivity contribution in [2.45, 2.75) is 32.7 Å². The van der Waals surface area contributed by atoms with Crippen molar-refractivity contribution in [2.24, 2.45) is 0 Å². The molecule has 3 heteroatoms. The van der Waals surface area contributed by atoms with Crippen molar-refractivity contribution in [3.63, 3.8) is 0 Å². The van der Waals surface area contributed by atoms with Crippen LogP contribution >= 0.6 is 0 Å². The Kier molecular flexibility index (Phi) is 4.12. The number of anilines is 2. The molecule has 0 radical (unpaired) electrons. The quantitative estimate of drug-likeness (QED) is 0.833. The Bertz CT molecular complexity index is 395. The predicted octanol–water partition coefficient (Wildman–Crippen LogP) is 2.50. The standard InChI is InChI=1S/C15H25N3/c1-4-18-10-8-13(9-11-18)17(3)15-7-5-6-14(16)12(15)2/h5-7,13H,4,8-11,16H2,1-3H3. The summed E-state index contributed by atoms with van der Waals surface area (Å²) < 4.78 is 0. The zero-order chi connectivity index (χ0) is 13.1. The van der Waals surface area contributed by atoms with Crippen LogP contribution in [-0.2, 0) is 0 Å². The maximum Gasteiger partial charge on any atom is 0.0416 e. The van der Waals surface area contributed by atoms with Crippen LogP contribution in [0.5, 0.6) is 0 Å². The molecule has 1 aromatic rings. The summed E-state index contributed by atoms with van der Waals surface area (Å²) in [7, 11) is 2.20. The molecular weight excluding hydrogens is 222 g/mol. The van der Waals surface area contributed by atoms with Crippen LogP contribution in [0.3, 0.4) is 0 Å². The van der Waals surface area contributed by atoms with Gasteiger partial charge in [-0.15, -0.1) is 0 Å². The Hall–Kier alpha value is -1.22. The van der Waals surface area contributed by atoms with E-state index in [1.165, 1.54) is 43.7 Å². The van der Waals surface area contributed by atoms with Gasteiger partial charge in [0.05, 0.1) is 0 Å². The lowest BCUT2D eigenvalue weighted by Crippen LogP contribution is -2.43. The first-order valence-corrected chi connectivity index (χ1v) is 6.93. The van der Waals surface area contributed by atoms with E-state index in [1.807, 2.05) is 6.07 Å². The zero-order valence-corrected chi connectivity index (χ0v) is 11.8. The van der Waals surface area contributed by atoms with Gasteiger partial charge in [0.15, 0.2) is 0 Å². The molecule has 0 spiro atoms. The highest BCUT2D eigenvalue weighted by Gasteiger charge is 2.22. The van der Waals surface area contributed by atoms with Crippen molar-refractivity contribution in [1.82, 2.24) is 4.90 Å². The minimum Gasteiger partial charge on any atom is -0.398 e.